The lowest BCUT2D eigenvalue weighted by molar-refractivity contribution is -0.119. The Balaban J connectivity index is 1.31. The van der Waals surface area contributed by atoms with Crippen molar-refractivity contribution >= 4 is 40.0 Å². The Hall–Kier alpha value is -3.41. The Morgan fingerprint density at radius 3 is 1.83 bits per heavy atom. The van der Waals surface area contributed by atoms with Crippen LogP contribution in [-0.2, 0) is 43.6 Å². The van der Waals surface area contributed by atoms with E-state index in [2.05, 4.69) is 22.6 Å². The maximum absolute atomic E-state index is 13.4. The molecule has 4 unspecified atom stereocenters. The molecule has 0 bridgehead atoms. The highest BCUT2D eigenvalue weighted by molar-refractivity contribution is 14.1. The van der Waals surface area contributed by atoms with Gasteiger partial charge in [-0.15, -0.1) is 0 Å². The van der Waals surface area contributed by atoms with Gasteiger partial charge in [0.1, 0.15) is 18.3 Å². The highest BCUT2D eigenvalue weighted by Gasteiger charge is 2.53. The Morgan fingerprint density at radius 2 is 1.24 bits per heavy atom. The second kappa shape index (κ2) is 13.3. The van der Waals surface area contributed by atoms with Gasteiger partial charge in [0.2, 0.25) is 0 Å². The highest BCUT2D eigenvalue weighted by atomic mass is 127. The van der Waals surface area contributed by atoms with Crippen LogP contribution in [0.3, 0.4) is 0 Å². The largest absolute Gasteiger partial charge is 0.374 e. The summed E-state index contributed by atoms with van der Waals surface area (Å²) in [6.45, 7) is 1.22. The Bertz CT molecular complexity index is 1520. The molecule has 6 rings (SSSR count). The molecule has 42 heavy (non-hydrogen) atoms. The smallest absolute Gasteiger partial charge is 0.301 e. The van der Waals surface area contributed by atoms with Crippen molar-refractivity contribution in [3.8, 4) is 0 Å². The van der Waals surface area contributed by atoms with Gasteiger partial charge in [0.25, 0.3) is 5.78 Å². The van der Waals surface area contributed by atoms with Gasteiger partial charge in [-0.3, -0.25) is 14.5 Å². The normalized spacial score (nSPS) is 21.6. The van der Waals surface area contributed by atoms with E-state index in [-0.39, 0.29) is 13.2 Å². The van der Waals surface area contributed by atoms with E-state index in [1.807, 2.05) is 97.1 Å². The summed E-state index contributed by atoms with van der Waals surface area (Å²) in [5.74, 6) is -1.20. The minimum Gasteiger partial charge on any atom is -0.374 e. The van der Waals surface area contributed by atoms with E-state index >= 15 is 0 Å². The molecule has 2 aliphatic rings. The monoisotopic (exact) mass is 675 g/mol. The molecule has 0 aromatic heterocycles. The van der Waals surface area contributed by atoms with Crippen molar-refractivity contribution in [3.63, 3.8) is 0 Å². The number of ketones is 1. The second-order valence-corrected chi connectivity index (χ2v) is 11.5. The van der Waals surface area contributed by atoms with Gasteiger partial charge in [0, 0.05) is 3.57 Å². The van der Waals surface area contributed by atoms with E-state index in [1.54, 1.807) is 12.1 Å². The molecule has 0 saturated carbocycles. The van der Waals surface area contributed by atoms with Crippen LogP contribution >= 0.6 is 22.6 Å². The molecular weight excluding hydrogens is 645 g/mol. The number of fused-ring (bicyclic) bond motifs is 1. The average Bonchev–Trinajstić information content (AvgIpc) is 3.48. The summed E-state index contributed by atoms with van der Waals surface area (Å²) >= 11 is 2.14. The number of hydrogen-bond acceptors (Lipinski definition) is 6. The molecular formula is C34H30INO6. The molecule has 4 aromatic rings. The van der Waals surface area contributed by atoms with E-state index in [9.17, 15) is 9.59 Å². The van der Waals surface area contributed by atoms with Crippen molar-refractivity contribution in [1.82, 2.24) is 0 Å². The van der Waals surface area contributed by atoms with Crippen LogP contribution in [-0.4, -0.2) is 42.8 Å². The lowest BCUT2D eigenvalue weighted by atomic mass is 10.1. The molecule has 2 heterocycles. The molecule has 0 N–H and O–H groups in total. The number of rotatable bonds is 11. The van der Waals surface area contributed by atoms with Crippen molar-refractivity contribution in [1.29, 1.82) is 0 Å². The van der Waals surface area contributed by atoms with Crippen LogP contribution in [0.15, 0.2) is 109 Å². The molecule has 1 amide bonds. The minimum atomic E-state index is -0.891. The number of nitrogens with zero attached hydrogens (tertiary/aromatic N) is 1. The molecule has 4 aromatic carbocycles. The van der Waals surface area contributed by atoms with Crippen molar-refractivity contribution in [3.05, 3.63) is 135 Å². The van der Waals surface area contributed by atoms with Crippen LogP contribution in [0.25, 0.3) is 0 Å². The first-order valence-corrected chi connectivity index (χ1v) is 14.9. The van der Waals surface area contributed by atoms with E-state index in [1.165, 1.54) is 4.90 Å². The maximum Gasteiger partial charge on any atom is 0.301 e. The van der Waals surface area contributed by atoms with Crippen LogP contribution < -0.4 is 4.90 Å². The maximum atomic E-state index is 13.4. The summed E-state index contributed by atoms with van der Waals surface area (Å²) < 4.78 is 26.6. The predicted molar refractivity (Wildman–Crippen MR) is 166 cm³/mol. The molecule has 4 atom stereocenters. The number of amides is 1. The molecule has 0 spiro atoms. The van der Waals surface area contributed by atoms with Gasteiger partial charge in [0.15, 0.2) is 6.23 Å². The molecule has 0 radical (unpaired) electrons. The third kappa shape index (κ3) is 6.33. The number of ether oxygens (including phenoxy) is 4. The van der Waals surface area contributed by atoms with Crippen LogP contribution in [0, 0.1) is 3.57 Å². The third-order valence-corrected chi connectivity index (χ3v) is 8.05. The van der Waals surface area contributed by atoms with Gasteiger partial charge in [-0.2, -0.15) is 0 Å². The first-order valence-electron chi connectivity index (χ1n) is 13.8. The zero-order valence-electron chi connectivity index (χ0n) is 22.8. The summed E-state index contributed by atoms with van der Waals surface area (Å²) in [7, 11) is 0. The van der Waals surface area contributed by atoms with E-state index in [4.69, 9.17) is 18.9 Å². The fourth-order valence-electron chi connectivity index (χ4n) is 5.32. The quantitative estimate of drug-likeness (QED) is 0.145. The van der Waals surface area contributed by atoms with Crippen molar-refractivity contribution < 1.29 is 28.5 Å². The number of carbonyl (C=O) groups excluding carboxylic acids is 2. The topological polar surface area (TPSA) is 74.3 Å². The lowest BCUT2D eigenvalue weighted by Gasteiger charge is -2.30. The Labute approximate surface area is 258 Å². The van der Waals surface area contributed by atoms with E-state index in [0.717, 1.165) is 20.3 Å². The summed E-state index contributed by atoms with van der Waals surface area (Å²) in [6.07, 6.45) is -2.72. The molecule has 1 fully saturated rings. The number of anilines is 1. The van der Waals surface area contributed by atoms with Crippen molar-refractivity contribution in [2.24, 2.45) is 0 Å². The van der Waals surface area contributed by atoms with E-state index < -0.39 is 36.2 Å². The average molecular weight is 676 g/mol. The highest BCUT2D eigenvalue weighted by Crippen LogP contribution is 2.39. The SMILES string of the molecule is O=C1C(=O)N(C2OC(COCc3ccccc3)C(OCc3ccccc3)C2OCc2ccccc2)c2ccc(I)cc21. The van der Waals surface area contributed by atoms with Gasteiger partial charge < -0.3 is 18.9 Å². The van der Waals surface area contributed by atoms with Crippen LogP contribution in [0.4, 0.5) is 5.69 Å². The summed E-state index contributed by atoms with van der Waals surface area (Å²) in [5, 5.41) is 0. The van der Waals surface area contributed by atoms with E-state index in [0.29, 0.717) is 24.5 Å². The van der Waals surface area contributed by atoms with Gasteiger partial charge in [0.05, 0.1) is 37.7 Å². The second-order valence-electron chi connectivity index (χ2n) is 10.3. The first kappa shape index (κ1) is 28.7. The van der Waals surface area contributed by atoms with Gasteiger partial charge >= 0.3 is 5.91 Å². The number of hydrogen-bond donors (Lipinski definition) is 0. The van der Waals surface area contributed by atoms with Crippen LogP contribution in [0.5, 0.6) is 0 Å². The Kier molecular flexibility index (Phi) is 9.07. The zero-order valence-corrected chi connectivity index (χ0v) is 25.0. The van der Waals surface area contributed by atoms with Crippen LogP contribution in [0.2, 0.25) is 0 Å². The minimum absolute atomic E-state index is 0.214. The first-order chi connectivity index (χ1) is 20.6. The Morgan fingerprint density at radius 1 is 0.690 bits per heavy atom. The standard InChI is InChI=1S/C34H30INO6/c35-26-16-17-28-27(18-26)30(37)33(38)36(28)34-32(41-21-25-14-8-3-9-15-25)31(40-20-24-12-6-2-7-13-24)29(42-34)22-39-19-23-10-4-1-5-11-23/h1-18,29,31-32,34H,19-22H2. The number of Topliss-reactive ketones (excluding diaryl/α,β-unsaturated/α-hetero) is 1. The molecule has 2 aliphatic heterocycles. The molecule has 8 heteroatoms. The summed E-state index contributed by atoms with van der Waals surface area (Å²) in [6, 6.07) is 35.0. The fourth-order valence-corrected chi connectivity index (χ4v) is 5.81. The number of carbonyl (C=O) groups is 2. The van der Waals surface area contributed by atoms with Gasteiger partial charge in [-0.25, -0.2) is 0 Å². The zero-order chi connectivity index (χ0) is 28.9. The third-order valence-electron chi connectivity index (χ3n) is 7.38. The molecule has 214 valence electrons. The van der Waals surface area contributed by atoms with Gasteiger partial charge in [-0.1, -0.05) is 91.0 Å². The van der Waals surface area contributed by atoms with Gasteiger partial charge in [-0.05, 0) is 57.5 Å². The molecule has 1 saturated heterocycles. The number of halogens is 1. The van der Waals surface area contributed by atoms with Crippen molar-refractivity contribution in [2.45, 2.75) is 44.4 Å². The predicted octanol–water partition coefficient (Wildman–Crippen LogP) is 5.93. The summed E-state index contributed by atoms with van der Waals surface area (Å²) in [5.41, 5.74) is 3.88. The van der Waals surface area contributed by atoms with Crippen molar-refractivity contribution in [2.75, 3.05) is 11.5 Å². The fraction of sp³-hybridized carbons (Fsp3) is 0.235. The van der Waals surface area contributed by atoms with Crippen LogP contribution in [0.1, 0.15) is 27.0 Å². The summed E-state index contributed by atoms with van der Waals surface area (Å²) in [4.78, 5) is 27.9. The lowest BCUT2D eigenvalue weighted by Crippen LogP contribution is -2.48. The molecule has 0 aliphatic carbocycles. The number of benzene rings is 4. The molecule has 7 nitrogen and oxygen atoms in total.